The van der Waals surface area contributed by atoms with E-state index < -0.39 is 0 Å². The number of carbonyl (C=O) groups is 1. The lowest BCUT2D eigenvalue weighted by atomic mass is 10.1. The zero-order valence-corrected chi connectivity index (χ0v) is 15.3. The maximum Gasteiger partial charge on any atom is 0.315 e. The predicted octanol–water partition coefficient (Wildman–Crippen LogP) is 4.22. The van der Waals surface area contributed by atoms with E-state index in [4.69, 9.17) is 21.1 Å². The second-order valence-corrected chi connectivity index (χ2v) is 7.14. The lowest BCUT2D eigenvalue weighted by Gasteiger charge is -2.15. The molecular weight excluding hydrogens is 360 g/mol. The maximum atomic E-state index is 12.0. The van der Waals surface area contributed by atoms with Gasteiger partial charge in [-0.1, -0.05) is 17.7 Å². The lowest BCUT2D eigenvalue weighted by Crippen LogP contribution is -2.38. The first-order chi connectivity index (χ1) is 12.1. The van der Waals surface area contributed by atoms with Crippen LogP contribution in [0.25, 0.3) is 0 Å². The zero-order chi connectivity index (χ0) is 17.6. The fourth-order valence-electron chi connectivity index (χ4n) is 2.38. The Hall–Kier alpha value is -2.05. The van der Waals surface area contributed by atoms with Gasteiger partial charge in [0.1, 0.15) is 0 Å². The summed E-state index contributed by atoms with van der Waals surface area (Å²) < 4.78 is 10.7. The fraction of sp³-hybridized carbons (Fsp3) is 0.278. The number of fused-ring (bicyclic) bond motifs is 1. The molecule has 5 nitrogen and oxygen atoms in total. The highest BCUT2D eigenvalue weighted by atomic mass is 35.5. The Morgan fingerprint density at radius 3 is 2.76 bits per heavy atom. The minimum Gasteiger partial charge on any atom is -0.454 e. The van der Waals surface area contributed by atoms with Gasteiger partial charge in [-0.2, -0.15) is 0 Å². The summed E-state index contributed by atoms with van der Waals surface area (Å²) in [4.78, 5) is 13.1. The van der Waals surface area contributed by atoms with Gasteiger partial charge in [0.05, 0.1) is 6.04 Å². The number of carbonyl (C=O) groups excluding carboxylic acids is 1. The molecule has 3 rings (SSSR count). The molecule has 0 fully saturated rings. The molecule has 2 N–H and O–H groups in total. The van der Waals surface area contributed by atoms with Crippen molar-refractivity contribution in [2.24, 2.45) is 0 Å². The molecule has 132 valence electrons. The van der Waals surface area contributed by atoms with Gasteiger partial charge in [-0.05, 0) is 48.9 Å². The van der Waals surface area contributed by atoms with Gasteiger partial charge in [-0.15, -0.1) is 11.8 Å². The molecule has 0 saturated carbocycles. The number of ether oxygens (including phenoxy) is 2. The Morgan fingerprint density at radius 2 is 1.96 bits per heavy atom. The van der Waals surface area contributed by atoms with Crippen LogP contribution in [0.1, 0.15) is 18.5 Å². The molecule has 1 atom stereocenters. The molecular formula is C18H19ClN2O3S. The first-order valence-electron chi connectivity index (χ1n) is 7.94. The summed E-state index contributed by atoms with van der Waals surface area (Å²) in [5, 5.41) is 6.51. The van der Waals surface area contributed by atoms with E-state index in [0.29, 0.717) is 12.3 Å². The number of halogens is 1. The van der Waals surface area contributed by atoms with Crippen molar-refractivity contribution in [3.8, 4) is 11.5 Å². The van der Waals surface area contributed by atoms with Crippen molar-refractivity contribution in [3.63, 3.8) is 0 Å². The first kappa shape index (κ1) is 17.8. The molecule has 2 amide bonds. The molecule has 2 aromatic carbocycles. The topological polar surface area (TPSA) is 59.6 Å². The SMILES string of the molecule is CC(NC(=O)NCCSc1ccc(Cl)cc1)c1ccc2c(c1)OCO2. The fourth-order valence-corrected chi connectivity index (χ4v) is 3.27. The molecule has 0 aliphatic carbocycles. The van der Waals surface area contributed by atoms with Crippen molar-refractivity contribution in [1.29, 1.82) is 0 Å². The molecule has 0 spiro atoms. The summed E-state index contributed by atoms with van der Waals surface area (Å²) in [5.74, 6) is 2.23. The van der Waals surface area contributed by atoms with Gasteiger partial charge in [0.2, 0.25) is 6.79 Å². The highest BCUT2D eigenvalue weighted by molar-refractivity contribution is 7.99. The van der Waals surface area contributed by atoms with E-state index in [1.165, 1.54) is 0 Å². The molecule has 0 radical (unpaired) electrons. The van der Waals surface area contributed by atoms with Crippen LogP contribution < -0.4 is 20.1 Å². The molecule has 0 bridgehead atoms. The number of hydrogen-bond donors (Lipinski definition) is 2. The first-order valence-corrected chi connectivity index (χ1v) is 9.30. The van der Waals surface area contributed by atoms with Crippen molar-refractivity contribution in [2.75, 3.05) is 19.1 Å². The van der Waals surface area contributed by atoms with E-state index in [1.807, 2.05) is 49.4 Å². The van der Waals surface area contributed by atoms with Crippen LogP contribution in [-0.4, -0.2) is 25.1 Å². The van der Waals surface area contributed by atoms with E-state index in [2.05, 4.69) is 10.6 Å². The highest BCUT2D eigenvalue weighted by Gasteiger charge is 2.16. The van der Waals surface area contributed by atoms with Gasteiger partial charge in [0.25, 0.3) is 0 Å². The normalized spacial score (nSPS) is 13.4. The molecule has 0 aromatic heterocycles. The molecule has 1 aliphatic rings. The van der Waals surface area contributed by atoms with Crippen molar-refractivity contribution >= 4 is 29.4 Å². The molecule has 7 heteroatoms. The average molecular weight is 379 g/mol. The number of amides is 2. The molecule has 2 aromatic rings. The van der Waals surface area contributed by atoms with E-state index in [0.717, 1.165) is 27.0 Å². The lowest BCUT2D eigenvalue weighted by molar-refractivity contribution is 0.174. The van der Waals surface area contributed by atoms with Crippen molar-refractivity contribution < 1.29 is 14.3 Å². The number of thioether (sulfide) groups is 1. The van der Waals surface area contributed by atoms with E-state index in [-0.39, 0.29) is 18.9 Å². The van der Waals surface area contributed by atoms with Crippen LogP contribution >= 0.6 is 23.4 Å². The minimum absolute atomic E-state index is 0.126. The Kier molecular flexibility index (Phi) is 5.94. The van der Waals surface area contributed by atoms with Gasteiger partial charge in [-0.3, -0.25) is 0 Å². The number of rotatable bonds is 6. The third-order valence-electron chi connectivity index (χ3n) is 3.71. The van der Waals surface area contributed by atoms with Gasteiger partial charge < -0.3 is 20.1 Å². The minimum atomic E-state index is -0.193. The molecule has 0 saturated heterocycles. The quantitative estimate of drug-likeness (QED) is 0.583. The van der Waals surface area contributed by atoms with E-state index >= 15 is 0 Å². The Morgan fingerprint density at radius 1 is 1.20 bits per heavy atom. The summed E-state index contributed by atoms with van der Waals surface area (Å²) >= 11 is 7.52. The molecule has 1 aliphatic heterocycles. The van der Waals surface area contributed by atoms with Gasteiger partial charge in [-0.25, -0.2) is 4.79 Å². The summed E-state index contributed by atoms with van der Waals surface area (Å²) in [6.45, 7) is 2.75. The molecule has 1 heterocycles. The molecule has 25 heavy (non-hydrogen) atoms. The van der Waals surface area contributed by atoms with Crippen LogP contribution in [0.2, 0.25) is 5.02 Å². The second-order valence-electron chi connectivity index (χ2n) is 5.54. The van der Waals surface area contributed by atoms with Crippen LogP contribution in [-0.2, 0) is 0 Å². The van der Waals surface area contributed by atoms with Gasteiger partial charge in [0, 0.05) is 22.2 Å². The number of benzene rings is 2. The van der Waals surface area contributed by atoms with Crippen LogP contribution in [0, 0.1) is 0 Å². The van der Waals surface area contributed by atoms with Gasteiger partial charge >= 0.3 is 6.03 Å². The smallest absolute Gasteiger partial charge is 0.315 e. The number of urea groups is 1. The van der Waals surface area contributed by atoms with Crippen LogP contribution in [0.4, 0.5) is 4.79 Å². The van der Waals surface area contributed by atoms with Crippen molar-refractivity contribution in [3.05, 3.63) is 53.1 Å². The summed E-state index contributed by atoms with van der Waals surface area (Å²) in [6.07, 6.45) is 0. The van der Waals surface area contributed by atoms with Crippen LogP contribution in [0.3, 0.4) is 0 Å². The van der Waals surface area contributed by atoms with Crippen molar-refractivity contribution in [1.82, 2.24) is 10.6 Å². The maximum absolute atomic E-state index is 12.0. The largest absolute Gasteiger partial charge is 0.454 e. The highest BCUT2D eigenvalue weighted by Crippen LogP contribution is 2.34. The average Bonchev–Trinajstić information content (AvgIpc) is 3.08. The van der Waals surface area contributed by atoms with Crippen molar-refractivity contribution in [2.45, 2.75) is 17.9 Å². The van der Waals surface area contributed by atoms with Gasteiger partial charge in [0.15, 0.2) is 11.5 Å². The Labute approximate surface area is 156 Å². The third kappa shape index (κ3) is 4.96. The molecule has 1 unspecified atom stereocenters. The summed E-state index contributed by atoms with van der Waals surface area (Å²) in [5.41, 5.74) is 0.968. The summed E-state index contributed by atoms with van der Waals surface area (Å²) in [7, 11) is 0. The second kappa shape index (κ2) is 8.36. The summed E-state index contributed by atoms with van der Waals surface area (Å²) in [6, 6.07) is 13.0. The number of hydrogen-bond acceptors (Lipinski definition) is 4. The Balaban J connectivity index is 1.40. The monoisotopic (exact) mass is 378 g/mol. The number of nitrogens with one attached hydrogen (secondary N) is 2. The zero-order valence-electron chi connectivity index (χ0n) is 13.8. The predicted molar refractivity (Wildman–Crippen MR) is 99.7 cm³/mol. The third-order valence-corrected chi connectivity index (χ3v) is 4.98. The van der Waals surface area contributed by atoms with Crippen LogP contribution in [0.15, 0.2) is 47.4 Å². The van der Waals surface area contributed by atoms with Crippen LogP contribution in [0.5, 0.6) is 11.5 Å². The standard InChI is InChI=1S/C18H19ClN2O3S/c1-12(13-2-7-16-17(10-13)24-11-23-16)21-18(22)20-8-9-25-15-5-3-14(19)4-6-15/h2-7,10,12H,8-9,11H2,1H3,(H2,20,21,22). The van der Waals surface area contributed by atoms with E-state index in [9.17, 15) is 4.79 Å². The van der Waals surface area contributed by atoms with E-state index in [1.54, 1.807) is 11.8 Å². The Bertz CT molecular complexity index is 740.